The number of carbonyl (C=O) groups is 1. The Hall–Kier alpha value is -1.59. The Morgan fingerprint density at radius 3 is 2.17 bits per heavy atom. The van der Waals surface area contributed by atoms with Crippen LogP contribution in [0.2, 0.25) is 0 Å². The van der Waals surface area contributed by atoms with Gasteiger partial charge in [0.15, 0.2) is 0 Å². The lowest BCUT2D eigenvalue weighted by Gasteiger charge is -2.26. The van der Waals surface area contributed by atoms with E-state index in [1.807, 2.05) is 32.9 Å². The molecular formula is C19H30N2O3. The second-order valence-corrected chi connectivity index (χ2v) is 7.56. The molecular weight excluding hydrogens is 304 g/mol. The number of aliphatic hydroxyl groups is 1. The van der Waals surface area contributed by atoms with Gasteiger partial charge in [0, 0.05) is 19.1 Å². The smallest absolute Gasteiger partial charge is 0.407 e. The summed E-state index contributed by atoms with van der Waals surface area (Å²) in [5, 5.41) is 15.8. The SMILES string of the molecule is CC(C)(C)OC(=O)NCc1ccc(CNC2CCC(O)CC2)cc1. The van der Waals surface area contributed by atoms with Crippen molar-refractivity contribution in [2.45, 2.75) is 77.3 Å². The van der Waals surface area contributed by atoms with Crippen LogP contribution >= 0.6 is 0 Å². The summed E-state index contributed by atoms with van der Waals surface area (Å²) in [5.41, 5.74) is 1.79. The maximum Gasteiger partial charge on any atom is 0.407 e. The van der Waals surface area contributed by atoms with Crippen LogP contribution in [0.5, 0.6) is 0 Å². The fourth-order valence-corrected chi connectivity index (χ4v) is 2.81. The number of carbonyl (C=O) groups excluding carboxylic acids is 1. The molecule has 0 saturated heterocycles. The number of benzene rings is 1. The van der Waals surface area contributed by atoms with Gasteiger partial charge in [0.25, 0.3) is 0 Å². The van der Waals surface area contributed by atoms with Crippen molar-refractivity contribution >= 4 is 6.09 Å². The molecule has 5 heteroatoms. The van der Waals surface area contributed by atoms with E-state index in [9.17, 15) is 9.90 Å². The van der Waals surface area contributed by atoms with Crippen molar-refractivity contribution in [3.8, 4) is 0 Å². The maximum atomic E-state index is 11.6. The van der Waals surface area contributed by atoms with Crippen molar-refractivity contribution in [1.29, 1.82) is 0 Å². The van der Waals surface area contributed by atoms with E-state index in [4.69, 9.17) is 4.74 Å². The zero-order valence-corrected chi connectivity index (χ0v) is 15.0. The Labute approximate surface area is 144 Å². The molecule has 0 bridgehead atoms. The van der Waals surface area contributed by atoms with Crippen LogP contribution in [0.4, 0.5) is 4.79 Å². The summed E-state index contributed by atoms with van der Waals surface area (Å²) in [7, 11) is 0. The number of hydrogen-bond acceptors (Lipinski definition) is 4. The summed E-state index contributed by atoms with van der Waals surface area (Å²) in [6.07, 6.45) is 3.37. The summed E-state index contributed by atoms with van der Waals surface area (Å²) in [6.45, 7) is 6.84. The topological polar surface area (TPSA) is 70.6 Å². The first-order valence-corrected chi connectivity index (χ1v) is 8.78. The minimum Gasteiger partial charge on any atom is -0.444 e. The lowest BCUT2D eigenvalue weighted by molar-refractivity contribution is 0.0523. The number of hydrogen-bond donors (Lipinski definition) is 3. The van der Waals surface area contributed by atoms with Gasteiger partial charge < -0.3 is 20.5 Å². The predicted molar refractivity (Wildman–Crippen MR) is 94.6 cm³/mol. The quantitative estimate of drug-likeness (QED) is 0.774. The normalized spacial score (nSPS) is 21.3. The minimum absolute atomic E-state index is 0.111. The predicted octanol–water partition coefficient (Wildman–Crippen LogP) is 3.10. The number of rotatable bonds is 5. The van der Waals surface area contributed by atoms with E-state index in [1.54, 1.807) is 0 Å². The van der Waals surface area contributed by atoms with Gasteiger partial charge in [-0.1, -0.05) is 24.3 Å². The second kappa shape index (κ2) is 8.49. The fourth-order valence-electron chi connectivity index (χ4n) is 2.81. The van der Waals surface area contributed by atoms with Crippen LogP contribution in [0.15, 0.2) is 24.3 Å². The molecule has 1 fully saturated rings. The summed E-state index contributed by atoms with van der Waals surface area (Å²) in [5.74, 6) is 0. The third kappa shape index (κ3) is 6.89. The summed E-state index contributed by atoms with van der Waals surface area (Å²) >= 11 is 0. The average molecular weight is 334 g/mol. The van der Waals surface area contributed by atoms with E-state index in [-0.39, 0.29) is 6.10 Å². The lowest BCUT2D eigenvalue weighted by atomic mass is 9.93. The Morgan fingerprint density at radius 1 is 1.08 bits per heavy atom. The van der Waals surface area contributed by atoms with Gasteiger partial charge in [-0.3, -0.25) is 0 Å². The first-order valence-electron chi connectivity index (χ1n) is 8.78. The van der Waals surface area contributed by atoms with E-state index in [0.29, 0.717) is 12.6 Å². The molecule has 1 aliphatic rings. The fraction of sp³-hybridized carbons (Fsp3) is 0.632. The number of alkyl carbamates (subject to hydrolysis) is 1. The highest BCUT2D eigenvalue weighted by Gasteiger charge is 2.18. The largest absolute Gasteiger partial charge is 0.444 e. The Bertz CT molecular complexity index is 514. The Morgan fingerprint density at radius 2 is 1.62 bits per heavy atom. The van der Waals surface area contributed by atoms with Crippen LogP contribution < -0.4 is 10.6 Å². The summed E-state index contributed by atoms with van der Waals surface area (Å²) in [6, 6.07) is 8.72. The van der Waals surface area contributed by atoms with E-state index < -0.39 is 11.7 Å². The van der Waals surface area contributed by atoms with Gasteiger partial charge in [-0.15, -0.1) is 0 Å². The van der Waals surface area contributed by atoms with Crippen LogP contribution in [0.3, 0.4) is 0 Å². The zero-order valence-electron chi connectivity index (χ0n) is 15.0. The highest BCUT2D eigenvalue weighted by Crippen LogP contribution is 2.18. The molecule has 0 heterocycles. The molecule has 1 saturated carbocycles. The van der Waals surface area contributed by atoms with Crippen LogP contribution in [-0.4, -0.2) is 28.9 Å². The van der Waals surface area contributed by atoms with Gasteiger partial charge >= 0.3 is 6.09 Å². The van der Waals surface area contributed by atoms with Crippen molar-refractivity contribution in [1.82, 2.24) is 10.6 Å². The molecule has 5 nitrogen and oxygen atoms in total. The van der Waals surface area contributed by atoms with Crippen molar-refractivity contribution in [2.24, 2.45) is 0 Å². The Kier molecular flexibility index (Phi) is 6.63. The number of aliphatic hydroxyl groups excluding tert-OH is 1. The molecule has 1 aliphatic carbocycles. The molecule has 2 rings (SSSR count). The van der Waals surface area contributed by atoms with E-state index >= 15 is 0 Å². The van der Waals surface area contributed by atoms with Gasteiger partial charge in [-0.25, -0.2) is 4.79 Å². The molecule has 1 aromatic carbocycles. The number of amides is 1. The van der Waals surface area contributed by atoms with Gasteiger partial charge in [0.2, 0.25) is 0 Å². The molecule has 3 N–H and O–H groups in total. The average Bonchev–Trinajstić information content (AvgIpc) is 2.52. The molecule has 24 heavy (non-hydrogen) atoms. The molecule has 0 spiro atoms. The number of ether oxygens (including phenoxy) is 1. The van der Waals surface area contributed by atoms with Crippen molar-refractivity contribution in [3.05, 3.63) is 35.4 Å². The number of nitrogens with one attached hydrogen (secondary N) is 2. The lowest BCUT2D eigenvalue weighted by Crippen LogP contribution is -2.34. The third-order valence-electron chi connectivity index (χ3n) is 4.15. The maximum absolute atomic E-state index is 11.6. The molecule has 0 atom stereocenters. The molecule has 0 aliphatic heterocycles. The van der Waals surface area contributed by atoms with Crippen molar-refractivity contribution in [3.63, 3.8) is 0 Å². The van der Waals surface area contributed by atoms with Gasteiger partial charge in [0.1, 0.15) is 5.60 Å². The van der Waals surface area contributed by atoms with Crippen LogP contribution in [-0.2, 0) is 17.8 Å². The monoisotopic (exact) mass is 334 g/mol. The van der Waals surface area contributed by atoms with Crippen molar-refractivity contribution in [2.75, 3.05) is 0 Å². The van der Waals surface area contributed by atoms with Crippen LogP contribution in [0.1, 0.15) is 57.6 Å². The minimum atomic E-state index is -0.477. The first kappa shape index (κ1) is 18.7. The van der Waals surface area contributed by atoms with Gasteiger partial charge in [0.05, 0.1) is 6.10 Å². The second-order valence-electron chi connectivity index (χ2n) is 7.56. The standard InChI is InChI=1S/C19H30N2O3/c1-19(2,3)24-18(23)21-13-15-6-4-14(5-7-15)12-20-16-8-10-17(22)11-9-16/h4-7,16-17,20,22H,8-13H2,1-3H3,(H,21,23). The van der Waals surface area contributed by atoms with Crippen LogP contribution in [0, 0.1) is 0 Å². The molecule has 1 aromatic rings. The molecule has 0 radical (unpaired) electrons. The highest BCUT2D eigenvalue weighted by atomic mass is 16.6. The Balaban J connectivity index is 1.71. The third-order valence-corrected chi connectivity index (χ3v) is 4.15. The molecule has 134 valence electrons. The van der Waals surface area contributed by atoms with E-state index in [2.05, 4.69) is 22.8 Å². The molecule has 0 aromatic heterocycles. The molecule has 1 amide bonds. The summed E-state index contributed by atoms with van der Waals surface area (Å²) < 4.78 is 5.22. The molecule has 0 unspecified atom stereocenters. The van der Waals surface area contributed by atoms with Crippen LogP contribution in [0.25, 0.3) is 0 Å². The first-order chi connectivity index (χ1) is 11.3. The van der Waals surface area contributed by atoms with E-state index in [1.165, 1.54) is 5.56 Å². The zero-order chi connectivity index (χ0) is 17.6. The van der Waals surface area contributed by atoms with Crippen molar-refractivity contribution < 1.29 is 14.6 Å². The summed E-state index contributed by atoms with van der Waals surface area (Å²) in [4.78, 5) is 11.6. The highest BCUT2D eigenvalue weighted by molar-refractivity contribution is 5.67. The van der Waals surface area contributed by atoms with Gasteiger partial charge in [-0.2, -0.15) is 0 Å². The van der Waals surface area contributed by atoms with E-state index in [0.717, 1.165) is 37.8 Å². The van der Waals surface area contributed by atoms with Gasteiger partial charge in [-0.05, 0) is 57.6 Å².